The minimum Gasteiger partial charge on any atom is -0.493 e. The first-order valence-corrected chi connectivity index (χ1v) is 11.3. The van der Waals surface area contributed by atoms with Crippen LogP contribution in [0.25, 0.3) is 0 Å². The number of nitrogens with one attached hydrogen (secondary N) is 2. The van der Waals surface area contributed by atoms with Crippen LogP contribution in [0.4, 0.5) is 14.9 Å². The number of halogens is 1. The standard InChI is InChI=1S/C27H28FN3O4/c1-17-8-4-5-9-19(17)26(32)29-16-23-20-15-25(35-3)24(34-2)14-18(20)12-13-31(23)27(33)30-22-11-7-6-10-21(22)28/h4-11,14-15,23H,12-13,16H2,1-3H3,(H,29,32)(H,30,33)/t23-/m1/s1. The maximum Gasteiger partial charge on any atom is 0.322 e. The lowest BCUT2D eigenvalue weighted by molar-refractivity contribution is 0.0935. The van der Waals surface area contributed by atoms with Crippen LogP contribution in [-0.2, 0) is 6.42 Å². The number of aryl methyl sites for hydroxylation is 1. The van der Waals surface area contributed by atoms with E-state index in [4.69, 9.17) is 9.47 Å². The second-order valence-electron chi connectivity index (χ2n) is 8.30. The molecule has 3 aromatic carbocycles. The number of anilines is 1. The molecule has 0 radical (unpaired) electrons. The molecule has 0 spiro atoms. The average molecular weight is 478 g/mol. The minimum absolute atomic E-state index is 0.0957. The van der Waals surface area contributed by atoms with Gasteiger partial charge in [0.05, 0.1) is 25.9 Å². The average Bonchev–Trinajstić information content (AvgIpc) is 2.87. The Morgan fingerprint density at radius 1 is 1.03 bits per heavy atom. The van der Waals surface area contributed by atoms with Gasteiger partial charge >= 0.3 is 6.03 Å². The van der Waals surface area contributed by atoms with Crippen LogP contribution in [0.2, 0.25) is 0 Å². The maximum absolute atomic E-state index is 14.2. The molecule has 0 aliphatic carbocycles. The van der Waals surface area contributed by atoms with Gasteiger partial charge in [0, 0.05) is 18.7 Å². The van der Waals surface area contributed by atoms with Crippen molar-refractivity contribution in [2.45, 2.75) is 19.4 Å². The Morgan fingerprint density at radius 3 is 2.43 bits per heavy atom. The molecule has 0 saturated carbocycles. The molecule has 2 N–H and O–H groups in total. The molecule has 1 atom stereocenters. The number of para-hydroxylation sites is 1. The van der Waals surface area contributed by atoms with Crippen LogP contribution in [0.5, 0.6) is 11.5 Å². The molecule has 8 heteroatoms. The third-order valence-corrected chi connectivity index (χ3v) is 6.22. The van der Waals surface area contributed by atoms with E-state index in [0.29, 0.717) is 30.0 Å². The van der Waals surface area contributed by atoms with Crippen molar-refractivity contribution in [1.29, 1.82) is 0 Å². The van der Waals surface area contributed by atoms with E-state index in [9.17, 15) is 14.0 Å². The van der Waals surface area contributed by atoms with Crippen molar-refractivity contribution in [2.75, 3.05) is 32.6 Å². The number of hydrogen-bond donors (Lipinski definition) is 2. The number of ether oxygens (including phenoxy) is 2. The third kappa shape index (κ3) is 5.06. The van der Waals surface area contributed by atoms with E-state index in [2.05, 4.69) is 10.6 Å². The summed E-state index contributed by atoms with van der Waals surface area (Å²) >= 11 is 0. The van der Waals surface area contributed by atoms with Crippen LogP contribution < -0.4 is 20.1 Å². The lowest BCUT2D eigenvalue weighted by atomic mass is 9.91. The largest absolute Gasteiger partial charge is 0.493 e. The maximum atomic E-state index is 14.2. The molecule has 7 nitrogen and oxygen atoms in total. The highest BCUT2D eigenvalue weighted by atomic mass is 19.1. The van der Waals surface area contributed by atoms with E-state index in [1.807, 2.05) is 37.3 Å². The Bertz CT molecular complexity index is 1250. The Balaban J connectivity index is 1.65. The second-order valence-corrected chi connectivity index (χ2v) is 8.30. The van der Waals surface area contributed by atoms with Crippen molar-refractivity contribution in [2.24, 2.45) is 0 Å². The summed E-state index contributed by atoms with van der Waals surface area (Å²) in [5, 5.41) is 5.63. The molecule has 1 aliphatic rings. The summed E-state index contributed by atoms with van der Waals surface area (Å²) < 4.78 is 25.1. The predicted octanol–water partition coefficient (Wildman–Crippen LogP) is 4.71. The molecule has 3 amide bonds. The monoisotopic (exact) mass is 477 g/mol. The fourth-order valence-corrected chi connectivity index (χ4v) is 4.35. The Labute approximate surface area is 203 Å². The van der Waals surface area contributed by atoms with Gasteiger partial charge in [-0.3, -0.25) is 4.79 Å². The van der Waals surface area contributed by atoms with Gasteiger partial charge in [-0.05, 0) is 60.4 Å². The van der Waals surface area contributed by atoms with E-state index < -0.39 is 17.9 Å². The number of fused-ring (bicyclic) bond motifs is 1. The molecule has 0 unspecified atom stereocenters. The fraction of sp³-hybridized carbons (Fsp3) is 0.259. The quantitative estimate of drug-likeness (QED) is 0.539. The van der Waals surface area contributed by atoms with E-state index >= 15 is 0 Å². The molecule has 182 valence electrons. The summed E-state index contributed by atoms with van der Waals surface area (Å²) in [6, 6.07) is 16.1. The lowest BCUT2D eigenvalue weighted by Crippen LogP contribution is -2.47. The number of carbonyl (C=O) groups is 2. The predicted molar refractivity (Wildman–Crippen MR) is 132 cm³/mol. The highest BCUT2D eigenvalue weighted by Gasteiger charge is 2.33. The molecule has 35 heavy (non-hydrogen) atoms. The van der Waals surface area contributed by atoms with Gasteiger partial charge in [-0.15, -0.1) is 0 Å². The van der Waals surface area contributed by atoms with E-state index in [1.54, 1.807) is 37.3 Å². The number of rotatable bonds is 6. The van der Waals surface area contributed by atoms with E-state index in [0.717, 1.165) is 16.7 Å². The Hall–Kier alpha value is -4.07. The highest BCUT2D eigenvalue weighted by Crippen LogP contribution is 2.38. The SMILES string of the molecule is COc1cc2c(cc1OC)[C@@H](CNC(=O)c1ccccc1C)N(C(=O)Nc1ccccc1F)CC2. The van der Waals surface area contributed by atoms with Gasteiger partial charge in [-0.1, -0.05) is 30.3 Å². The van der Waals surface area contributed by atoms with Crippen LogP contribution in [0.3, 0.4) is 0 Å². The molecular formula is C27H28FN3O4. The van der Waals surface area contributed by atoms with Gasteiger partial charge in [0.1, 0.15) is 5.82 Å². The zero-order valence-electron chi connectivity index (χ0n) is 19.9. The van der Waals surface area contributed by atoms with Crippen molar-refractivity contribution in [3.8, 4) is 11.5 Å². The van der Waals surface area contributed by atoms with Crippen molar-refractivity contribution in [1.82, 2.24) is 10.2 Å². The van der Waals surface area contributed by atoms with Crippen molar-refractivity contribution in [3.63, 3.8) is 0 Å². The van der Waals surface area contributed by atoms with Crippen LogP contribution in [0.1, 0.15) is 33.1 Å². The van der Waals surface area contributed by atoms with Crippen molar-refractivity contribution < 1.29 is 23.5 Å². The molecule has 1 aliphatic heterocycles. The topological polar surface area (TPSA) is 79.9 Å². The number of methoxy groups -OCH3 is 2. The number of benzene rings is 3. The summed E-state index contributed by atoms with van der Waals surface area (Å²) in [6.07, 6.45) is 0.572. The number of nitrogens with zero attached hydrogens (tertiary/aromatic N) is 1. The molecule has 0 bridgehead atoms. The van der Waals surface area contributed by atoms with Crippen LogP contribution >= 0.6 is 0 Å². The number of hydrogen-bond acceptors (Lipinski definition) is 4. The molecule has 1 heterocycles. The normalized spacial score (nSPS) is 14.6. The number of amides is 3. The zero-order chi connectivity index (χ0) is 24.9. The van der Waals surface area contributed by atoms with Crippen LogP contribution in [-0.4, -0.2) is 44.1 Å². The number of carbonyl (C=O) groups excluding carboxylic acids is 2. The van der Waals surface area contributed by atoms with Gasteiger partial charge in [0.15, 0.2) is 11.5 Å². The summed E-state index contributed by atoms with van der Waals surface area (Å²) in [5.74, 6) is 0.371. The van der Waals surface area contributed by atoms with E-state index in [1.165, 1.54) is 12.1 Å². The molecule has 0 aromatic heterocycles. The van der Waals surface area contributed by atoms with Gasteiger partial charge in [0.2, 0.25) is 0 Å². The molecule has 0 fully saturated rings. The van der Waals surface area contributed by atoms with Crippen LogP contribution in [0.15, 0.2) is 60.7 Å². The summed E-state index contributed by atoms with van der Waals surface area (Å²) in [5.41, 5.74) is 3.35. The molecule has 4 rings (SSSR count). The van der Waals surface area contributed by atoms with Gasteiger partial charge in [-0.2, -0.15) is 0 Å². The summed E-state index contributed by atoms with van der Waals surface area (Å²) in [6.45, 7) is 2.42. The third-order valence-electron chi connectivity index (χ3n) is 6.22. The summed E-state index contributed by atoms with van der Waals surface area (Å²) in [7, 11) is 3.12. The fourth-order valence-electron chi connectivity index (χ4n) is 4.35. The zero-order valence-corrected chi connectivity index (χ0v) is 19.9. The molecule has 3 aromatic rings. The van der Waals surface area contributed by atoms with Crippen LogP contribution in [0, 0.1) is 12.7 Å². The van der Waals surface area contributed by atoms with E-state index in [-0.39, 0.29) is 18.1 Å². The van der Waals surface area contributed by atoms with Crippen molar-refractivity contribution >= 4 is 17.6 Å². The second kappa shape index (κ2) is 10.5. The first-order chi connectivity index (χ1) is 16.9. The number of urea groups is 1. The first-order valence-electron chi connectivity index (χ1n) is 11.3. The Kier molecular flexibility index (Phi) is 7.19. The molecule has 0 saturated heterocycles. The van der Waals surface area contributed by atoms with Gasteiger partial charge < -0.3 is 25.0 Å². The Morgan fingerprint density at radius 2 is 1.71 bits per heavy atom. The highest BCUT2D eigenvalue weighted by molar-refractivity contribution is 5.95. The summed E-state index contributed by atoms with van der Waals surface area (Å²) in [4.78, 5) is 27.8. The first kappa shape index (κ1) is 24.1. The van der Waals surface area contributed by atoms with Gasteiger partial charge in [0.25, 0.3) is 5.91 Å². The lowest BCUT2D eigenvalue weighted by Gasteiger charge is -2.38. The molecular weight excluding hydrogens is 449 g/mol. The smallest absolute Gasteiger partial charge is 0.322 e. The van der Waals surface area contributed by atoms with Gasteiger partial charge in [-0.25, -0.2) is 9.18 Å². The minimum atomic E-state index is -0.519. The van der Waals surface area contributed by atoms with Crippen molar-refractivity contribution in [3.05, 3.63) is 88.7 Å².